The fourth-order valence-corrected chi connectivity index (χ4v) is 1.56. The predicted molar refractivity (Wildman–Crippen MR) is 53.7 cm³/mol. The summed E-state index contributed by atoms with van der Waals surface area (Å²) < 4.78 is 9.31. The number of amides is 1. The van der Waals surface area contributed by atoms with Crippen LogP contribution in [0.4, 0.5) is 4.79 Å². The van der Waals surface area contributed by atoms with Crippen LogP contribution in [0.3, 0.4) is 0 Å². The lowest BCUT2D eigenvalue weighted by molar-refractivity contribution is -0.151. The Kier molecular flexibility index (Phi) is 4.28. The summed E-state index contributed by atoms with van der Waals surface area (Å²) in [6, 6.07) is 0. The van der Waals surface area contributed by atoms with E-state index in [2.05, 4.69) is 4.74 Å². The summed E-state index contributed by atoms with van der Waals surface area (Å²) in [4.78, 5) is 35.5. The van der Waals surface area contributed by atoms with Gasteiger partial charge in [-0.25, -0.2) is 4.79 Å². The van der Waals surface area contributed by atoms with Gasteiger partial charge in [0.05, 0.1) is 13.7 Å². The van der Waals surface area contributed by atoms with Crippen molar-refractivity contribution in [3.05, 3.63) is 0 Å². The maximum absolute atomic E-state index is 11.4. The van der Waals surface area contributed by atoms with Crippen molar-refractivity contribution in [3.8, 4) is 0 Å². The standard InChI is InChI=1S/C10H15NO5/c1-3-16-10(14)11-5-4-8(12)7(6-11)9(13)15-2/h7H,3-6H2,1-2H3/t7-/m1/s1. The van der Waals surface area contributed by atoms with Crippen LogP contribution in [0.1, 0.15) is 13.3 Å². The number of hydrogen-bond acceptors (Lipinski definition) is 5. The molecule has 90 valence electrons. The first-order chi connectivity index (χ1) is 7.60. The van der Waals surface area contributed by atoms with Gasteiger partial charge in [0, 0.05) is 19.5 Å². The van der Waals surface area contributed by atoms with Gasteiger partial charge in [-0.1, -0.05) is 0 Å². The van der Waals surface area contributed by atoms with E-state index >= 15 is 0 Å². The summed E-state index contributed by atoms with van der Waals surface area (Å²) in [6.45, 7) is 2.31. The molecule has 6 nitrogen and oxygen atoms in total. The van der Waals surface area contributed by atoms with Crippen LogP contribution in [0, 0.1) is 5.92 Å². The second kappa shape index (κ2) is 5.48. The minimum absolute atomic E-state index is 0.0460. The van der Waals surface area contributed by atoms with Crippen molar-refractivity contribution in [2.45, 2.75) is 13.3 Å². The normalized spacial score (nSPS) is 20.5. The Morgan fingerprint density at radius 3 is 2.75 bits per heavy atom. The SMILES string of the molecule is CCOC(=O)N1CCC(=O)[C@H](C(=O)OC)C1. The molecule has 1 saturated heterocycles. The van der Waals surface area contributed by atoms with Crippen molar-refractivity contribution in [1.82, 2.24) is 4.90 Å². The third-order valence-corrected chi connectivity index (χ3v) is 2.43. The fraction of sp³-hybridized carbons (Fsp3) is 0.700. The number of Topliss-reactive ketones (excluding diaryl/α,β-unsaturated/α-hetero) is 1. The number of methoxy groups -OCH3 is 1. The molecule has 1 amide bonds. The van der Waals surface area contributed by atoms with Crippen LogP contribution >= 0.6 is 0 Å². The molecule has 1 atom stereocenters. The quantitative estimate of drug-likeness (QED) is 0.500. The van der Waals surface area contributed by atoms with E-state index in [4.69, 9.17) is 4.74 Å². The molecule has 0 aromatic rings. The monoisotopic (exact) mass is 229 g/mol. The van der Waals surface area contributed by atoms with E-state index in [1.165, 1.54) is 12.0 Å². The summed E-state index contributed by atoms with van der Waals surface area (Å²) >= 11 is 0. The lowest BCUT2D eigenvalue weighted by atomic mass is 9.97. The molecular formula is C10H15NO5. The van der Waals surface area contributed by atoms with Crippen LogP contribution in [0.2, 0.25) is 0 Å². The van der Waals surface area contributed by atoms with E-state index in [0.29, 0.717) is 6.54 Å². The van der Waals surface area contributed by atoms with Crippen molar-refractivity contribution in [2.75, 3.05) is 26.8 Å². The van der Waals surface area contributed by atoms with Crippen LogP contribution in [-0.2, 0) is 19.1 Å². The molecule has 6 heteroatoms. The van der Waals surface area contributed by atoms with Crippen LogP contribution < -0.4 is 0 Å². The summed E-state index contributed by atoms with van der Waals surface area (Å²) in [5.41, 5.74) is 0. The lowest BCUT2D eigenvalue weighted by Crippen LogP contribution is -2.47. The average Bonchev–Trinajstić information content (AvgIpc) is 2.29. The third kappa shape index (κ3) is 2.71. The molecule has 1 rings (SSSR count). The molecule has 0 spiro atoms. The molecule has 1 heterocycles. The third-order valence-electron chi connectivity index (χ3n) is 2.43. The van der Waals surface area contributed by atoms with E-state index < -0.39 is 18.0 Å². The average molecular weight is 229 g/mol. The Morgan fingerprint density at radius 2 is 2.19 bits per heavy atom. The first kappa shape index (κ1) is 12.5. The molecule has 0 unspecified atom stereocenters. The number of carbonyl (C=O) groups excluding carboxylic acids is 3. The van der Waals surface area contributed by atoms with Gasteiger partial charge < -0.3 is 14.4 Å². The number of ether oxygens (including phenoxy) is 2. The predicted octanol–water partition coefficient (Wildman–Crippen LogP) is 0.207. The molecule has 16 heavy (non-hydrogen) atoms. The second-order valence-electron chi connectivity index (χ2n) is 3.44. The molecule has 1 fully saturated rings. The highest BCUT2D eigenvalue weighted by Gasteiger charge is 2.35. The molecular weight excluding hydrogens is 214 g/mol. The lowest BCUT2D eigenvalue weighted by Gasteiger charge is -2.29. The van der Waals surface area contributed by atoms with E-state index in [-0.39, 0.29) is 25.4 Å². The number of nitrogens with zero attached hydrogens (tertiary/aromatic N) is 1. The van der Waals surface area contributed by atoms with E-state index in [1.807, 2.05) is 0 Å². The summed E-state index contributed by atoms with van der Waals surface area (Å²) in [5, 5.41) is 0. The van der Waals surface area contributed by atoms with Gasteiger partial charge in [0.2, 0.25) is 0 Å². The van der Waals surface area contributed by atoms with Gasteiger partial charge >= 0.3 is 12.1 Å². The van der Waals surface area contributed by atoms with Crippen molar-refractivity contribution in [2.24, 2.45) is 5.92 Å². The summed E-state index contributed by atoms with van der Waals surface area (Å²) in [5.74, 6) is -1.66. The highest BCUT2D eigenvalue weighted by atomic mass is 16.6. The molecule has 0 bridgehead atoms. The highest BCUT2D eigenvalue weighted by Crippen LogP contribution is 2.15. The van der Waals surface area contributed by atoms with Gasteiger partial charge in [-0.15, -0.1) is 0 Å². The number of likely N-dealkylation sites (tertiary alicyclic amines) is 1. The van der Waals surface area contributed by atoms with Gasteiger partial charge in [0.15, 0.2) is 5.78 Å². The van der Waals surface area contributed by atoms with Crippen molar-refractivity contribution < 1.29 is 23.9 Å². The molecule has 0 aliphatic carbocycles. The number of hydrogen-bond donors (Lipinski definition) is 0. The summed E-state index contributed by atoms with van der Waals surface area (Å²) in [6.07, 6.45) is -0.331. The topological polar surface area (TPSA) is 72.9 Å². The van der Waals surface area contributed by atoms with Crippen LogP contribution in [-0.4, -0.2) is 49.6 Å². The van der Waals surface area contributed by atoms with Crippen molar-refractivity contribution in [1.29, 1.82) is 0 Å². The Labute approximate surface area is 93.5 Å². The number of esters is 1. The Balaban J connectivity index is 2.63. The highest BCUT2D eigenvalue weighted by molar-refractivity contribution is 6.00. The van der Waals surface area contributed by atoms with E-state index in [1.54, 1.807) is 6.92 Å². The Bertz CT molecular complexity index is 294. The van der Waals surface area contributed by atoms with Gasteiger partial charge in [-0.3, -0.25) is 9.59 Å². The van der Waals surface area contributed by atoms with Crippen LogP contribution in [0.15, 0.2) is 0 Å². The maximum atomic E-state index is 11.4. The van der Waals surface area contributed by atoms with Crippen LogP contribution in [0.5, 0.6) is 0 Å². The Morgan fingerprint density at radius 1 is 1.50 bits per heavy atom. The number of carbonyl (C=O) groups is 3. The van der Waals surface area contributed by atoms with Crippen molar-refractivity contribution in [3.63, 3.8) is 0 Å². The van der Waals surface area contributed by atoms with Gasteiger partial charge in [0.1, 0.15) is 5.92 Å². The van der Waals surface area contributed by atoms with E-state index in [9.17, 15) is 14.4 Å². The first-order valence-corrected chi connectivity index (χ1v) is 5.12. The van der Waals surface area contributed by atoms with Gasteiger partial charge in [-0.2, -0.15) is 0 Å². The second-order valence-corrected chi connectivity index (χ2v) is 3.44. The molecule has 0 aromatic carbocycles. The molecule has 1 aliphatic heterocycles. The number of piperidine rings is 1. The largest absolute Gasteiger partial charge is 0.468 e. The zero-order chi connectivity index (χ0) is 12.1. The van der Waals surface area contributed by atoms with E-state index in [0.717, 1.165) is 0 Å². The molecule has 0 radical (unpaired) electrons. The molecule has 1 aliphatic rings. The fourth-order valence-electron chi connectivity index (χ4n) is 1.56. The number of rotatable bonds is 2. The molecule has 0 N–H and O–H groups in total. The first-order valence-electron chi connectivity index (χ1n) is 5.12. The minimum Gasteiger partial charge on any atom is -0.468 e. The smallest absolute Gasteiger partial charge is 0.409 e. The minimum atomic E-state index is -0.872. The number of ketones is 1. The maximum Gasteiger partial charge on any atom is 0.409 e. The molecule has 0 saturated carbocycles. The molecule has 0 aromatic heterocycles. The van der Waals surface area contributed by atoms with Crippen molar-refractivity contribution >= 4 is 17.8 Å². The Hall–Kier alpha value is -1.59. The zero-order valence-corrected chi connectivity index (χ0v) is 9.39. The van der Waals surface area contributed by atoms with Gasteiger partial charge in [0.25, 0.3) is 0 Å². The van der Waals surface area contributed by atoms with Gasteiger partial charge in [-0.05, 0) is 6.92 Å². The zero-order valence-electron chi connectivity index (χ0n) is 9.39. The summed E-state index contributed by atoms with van der Waals surface area (Å²) in [7, 11) is 1.22. The van der Waals surface area contributed by atoms with Crippen LogP contribution in [0.25, 0.3) is 0 Å².